The zero-order valence-electron chi connectivity index (χ0n) is 9.64. The second-order valence-electron chi connectivity index (χ2n) is 4.24. The Morgan fingerprint density at radius 1 is 1.42 bits per heavy atom. The Bertz CT molecular complexity index is 626. The van der Waals surface area contributed by atoms with Crippen molar-refractivity contribution in [1.82, 2.24) is 0 Å². The molecule has 1 aliphatic heterocycles. The molecule has 0 bridgehead atoms. The van der Waals surface area contributed by atoms with Crippen molar-refractivity contribution in [3.63, 3.8) is 0 Å². The average molecular weight is 352 g/mol. The van der Waals surface area contributed by atoms with Crippen molar-refractivity contribution in [2.24, 2.45) is 5.14 Å². The minimum absolute atomic E-state index is 0.0512. The third-order valence-corrected chi connectivity index (χ3v) is 4.58. The zero-order valence-corrected chi connectivity index (χ0v) is 12.0. The molecule has 104 valence electrons. The Morgan fingerprint density at radius 2 is 2.05 bits per heavy atom. The maximum absolute atomic E-state index is 13.9. The number of nitrogens with zero attached hydrogens (tertiary/aromatic N) is 1. The summed E-state index contributed by atoms with van der Waals surface area (Å²) in [5.41, 5.74) is 5.61. The molecule has 1 atom stereocenters. The summed E-state index contributed by atoms with van der Waals surface area (Å²) >= 11 is 3.08. The van der Waals surface area contributed by atoms with E-state index in [1.165, 1.54) is 6.07 Å². The lowest BCUT2D eigenvalue weighted by atomic mass is 10.2. The van der Waals surface area contributed by atoms with Gasteiger partial charge < -0.3 is 10.6 Å². The number of nitrogens with two attached hydrogens (primary N) is 2. The number of hydrogen-bond acceptors (Lipinski definition) is 4. The molecule has 1 aromatic carbocycles. The van der Waals surface area contributed by atoms with Crippen LogP contribution >= 0.6 is 15.9 Å². The van der Waals surface area contributed by atoms with Gasteiger partial charge in [0.15, 0.2) is 0 Å². The normalized spacial score (nSPS) is 20.1. The van der Waals surface area contributed by atoms with Crippen molar-refractivity contribution in [2.45, 2.75) is 11.7 Å². The number of primary sulfonamides is 1. The maximum Gasteiger partial charge on any atom is 0.228 e. The predicted molar refractivity (Wildman–Crippen MR) is 72.4 cm³/mol. The molecule has 6 nitrogen and oxygen atoms in total. The number of sulfonamides is 1. The van der Waals surface area contributed by atoms with E-state index in [0.717, 1.165) is 11.0 Å². The Morgan fingerprint density at radius 3 is 2.53 bits per heavy atom. The highest BCUT2D eigenvalue weighted by atomic mass is 79.9. The van der Waals surface area contributed by atoms with Gasteiger partial charge in [0.1, 0.15) is 16.8 Å². The molecule has 0 saturated carbocycles. The summed E-state index contributed by atoms with van der Waals surface area (Å²) in [5, 5.41) is 3.96. The molecule has 19 heavy (non-hydrogen) atoms. The van der Waals surface area contributed by atoms with Gasteiger partial charge >= 0.3 is 0 Å². The first-order chi connectivity index (χ1) is 8.70. The Kier molecular flexibility index (Phi) is 3.54. The zero-order chi connectivity index (χ0) is 14.4. The van der Waals surface area contributed by atoms with E-state index in [0.29, 0.717) is 4.47 Å². The van der Waals surface area contributed by atoms with Gasteiger partial charge in [-0.2, -0.15) is 0 Å². The van der Waals surface area contributed by atoms with E-state index in [9.17, 15) is 17.6 Å². The lowest BCUT2D eigenvalue weighted by molar-refractivity contribution is -0.117. The van der Waals surface area contributed by atoms with Gasteiger partial charge in [-0.3, -0.25) is 4.79 Å². The highest BCUT2D eigenvalue weighted by Gasteiger charge is 2.38. The molecule has 4 N–H and O–H groups in total. The highest BCUT2D eigenvalue weighted by Crippen LogP contribution is 2.34. The van der Waals surface area contributed by atoms with Crippen molar-refractivity contribution in [3.05, 3.63) is 22.4 Å². The fourth-order valence-electron chi connectivity index (χ4n) is 1.98. The SMILES string of the molecule is Nc1cc(Br)cc(F)c1N1CC(S(N)(=O)=O)CC1=O. The Hall–Kier alpha value is -1.19. The van der Waals surface area contributed by atoms with Crippen LogP contribution in [0.4, 0.5) is 15.8 Å². The first-order valence-electron chi connectivity index (χ1n) is 5.26. The van der Waals surface area contributed by atoms with E-state index >= 15 is 0 Å². The summed E-state index contributed by atoms with van der Waals surface area (Å²) in [6, 6.07) is 2.60. The number of nitrogen functional groups attached to an aromatic ring is 1. The van der Waals surface area contributed by atoms with E-state index in [4.69, 9.17) is 10.9 Å². The quantitative estimate of drug-likeness (QED) is 0.759. The van der Waals surface area contributed by atoms with Crippen LogP contribution in [0.1, 0.15) is 6.42 Å². The summed E-state index contributed by atoms with van der Waals surface area (Å²) in [5.74, 6) is -1.22. The molecule has 0 spiro atoms. The highest BCUT2D eigenvalue weighted by molar-refractivity contribution is 9.10. The van der Waals surface area contributed by atoms with Crippen molar-refractivity contribution in [1.29, 1.82) is 0 Å². The number of anilines is 2. The molecule has 0 radical (unpaired) electrons. The van der Waals surface area contributed by atoms with Crippen LogP contribution in [0, 0.1) is 5.82 Å². The van der Waals surface area contributed by atoms with Crippen LogP contribution in [0.3, 0.4) is 0 Å². The number of carbonyl (C=O) groups is 1. The molecule has 0 aliphatic carbocycles. The molecule has 1 heterocycles. The lowest BCUT2D eigenvalue weighted by Gasteiger charge is -2.19. The monoisotopic (exact) mass is 351 g/mol. The van der Waals surface area contributed by atoms with Gasteiger partial charge in [0.25, 0.3) is 0 Å². The van der Waals surface area contributed by atoms with E-state index in [2.05, 4.69) is 15.9 Å². The summed E-state index contributed by atoms with van der Waals surface area (Å²) in [6.07, 6.45) is -0.270. The minimum atomic E-state index is -3.85. The second-order valence-corrected chi connectivity index (χ2v) is 7.01. The molecule has 1 saturated heterocycles. The molecule has 0 aromatic heterocycles. The second kappa shape index (κ2) is 4.73. The van der Waals surface area contributed by atoms with E-state index in [-0.39, 0.29) is 24.3 Å². The fraction of sp³-hybridized carbons (Fsp3) is 0.300. The largest absolute Gasteiger partial charge is 0.397 e. The number of rotatable bonds is 2. The van der Waals surface area contributed by atoms with E-state index < -0.39 is 27.0 Å². The summed E-state index contributed by atoms with van der Waals surface area (Å²) in [7, 11) is -3.85. The standard InChI is InChI=1S/C10H11BrFN3O3S/c11-5-1-7(12)10(8(13)2-5)15-4-6(3-9(15)16)19(14,17)18/h1-2,6H,3-4,13H2,(H2,14,17,18). The van der Waals surface area contributed by atoms with Gasteiger partial charge in [0.2, 0.25) is 15.9 Å². The molecule has 1 unspecified atom stereocenters. The lowest BCUT2D eigenvalue weighted by Crippen LogP contribution is -2.32. The van der Waals surface area contributed by atoms with Crippen molar-refractivity contribution >= 4 is 43.2 Å². The van der Waals surface area contributed by atoms with Crippen molar-refractivity contribution in [3.8, 4) is 0 Å². The van der Waals surface area contributed by atoms with Crippen LogP contribution < -0.4 is 15.8 Å². The predicted octanol–water partition coefficient (Wildman–Crippen LogP) is 0.564. The van der Waals surface area contributed by atoms with E-state index in [1.807, 2.05) is 0 Å². The first-order valence-corrected chi connectivity index (χ1v) is 7.67. The Labute approximate surface area is 117 Å². The molecule has 1 fully saturated rings. The van der Waals surface area contributed by atoms with Crippen LogP contribution in [0.15, 0.2) is 16.6 Å². The third kappa shape index (κ3) is 2.72. The molecule has 1 aliphatic rings. The maximum atomic E-state index is 13.9. The van der Waals surface area contributed by atoms with Crippen molar-refractivity contribution < 1.29 is 17.6 Å². The topological polar surface area (TPSA) is 106 Å². The smallest absolute Gasteiger partial charge is 0.228 e. The number of hydrogen-bond donors (Lipinski definition) is 2. The molecule has 9 heteroatoms. The first kappa shape index (κ1) is 14.2. The van der Waals surface area contributed by atoms with Gasteiger partial charge in [0.05, 0.1) is 5.69 Å². The van der Waals surface area contributed by atoms with Gasteiger partial charge in [-0.15, -0.1) is 0 Å². The van der Waals surface area contributed by atoms with Crippen LogP contribution in [0.5, 0.6) is 0 Å². The van der Waals surface area contributed by atoms with Crippen LogP contribution in [-0.4, -0.2) is 26.1 Å². The van der Waals surface area contributed by atoms with Gasteiger partial charge in [-0.1, -0.05) is 15.9 Å². The number of amides is 1. The molecular weight excluding hydrogens is 341 g/mol. The van der Waals surface area contributed by atoms with Crippen LogP contribution in [0.25, 0.3) is 0 Å². The summed E-state index contributed by atoms with van der Waals surface area (Å²) in [4.78, 5) is 12.8. The van der Waals surface area contributed by atoms with Gasteiger partial charge in [-0.25, -0.2) is 17.9 Å². The van der Waals surface area contributed by atoms with E-state index in [1.54, 1.807) is 0 Å². The third-order valence-electron chi connectivity index (χ3n) is 2.88. The minimum Gasteiger partial charge on any atom is -0.397 e. The molecular formula is C10H11BrFN3O3S. The average Bonchev–Trinajstić information content (AvgIpc) is 2.59. The van der Waals surface area contributed by atoms with Crippen LogP contribution in [0.2, 0.25) is 0 Å². The van der Waals surface area contributed by atoms with Crippen molar-refractivity contribution in [2.75, 3.05) is 17.2 Å². The molecule has 1 amide bonds. The number of halogens is 2. The number of carbonyl (C=O) groups excluding carboxylic acids is 1. The molecule has 2 rings (SSSR count). The molecule has 1 aromatic rings. The van der Waals surface area contributed by atoms with Gasteiger partial charge in [0, 0.05) is 17.4 Å². The van der Waals surface area contributed by atoms with Gasteiger partial charge in [-0.05, 0) is 12.1 Å². The summed E-state index contributed by atoms with van der Waals surface area (Å²) in [6.45, 7) is -0.194. The van der Waals surface area contributed by atoms with Crippen LogP contribution in [-0.2, 0) is 14.8 Å². The number of benzene rings is 1. The fourth-order valence-corrected chi connectivity index (χ4v) is 3.16. The summed E-state index contributed by atoms with van der Waals surface area (Å²) < 4.78 is 36.8. The Balaban J connectivity index is 2.42.